The predicted octanol–water partition coefficient (Wildman–Crippen LogP) is 13.2. The Kier molecular flexibility index (Phi) is 33.6. The second-order valence-electron chi connectivity index (χ2n) is 28.7. The number of fused-ring (bicyclic) bond motifs is 9. The van der Waals surface area contributed by atoms with Crippen molar-refractivity contribution in [1.29, 1.82) is 0 Å². The molecule has 0 aliphatic carbocycles. The van der Waals surface area contributed by atoms with E-state index in [1.807, 2.05) is 151 Å². The highest BCUT2D eigenvalue weighted by atomic mass is 35.5. The minimum atomic E-state index is -0.682. The number of nitrogens with one attached hydrogen (secondary N) is 3. The number of methoxy groups -OCH3 is 3. The van der Waals surface area contributed by atoms with Crippen LogP contribution in [0.2, 0.25) is 15.1 Å². The first-order chi connectivity index (χ1) is 56.9. The Morgan fingerprint density at radius 1 is 0.470 bits per heavy atom. The molecule has 9 aromatic rings. The molecular weight excluding hydrogens is 1570 g/mol. The highest BCUT2D eigenvalue weighted by Crippen LogP contribution is 2.44. The summed E-state index contributed by atoms with van der Waals surface area (Å²) in [5, 5.41) is 36.6. The van der Waals surface area contributed by atoms with Gasteiger partial charge in [0.25, 0.3) is 0 Å². The molecule has 24 nitrogen and oxygen atoms in total. The van der Waals surface area contributed by atoms with Gasteiger partial charge in [0.05, 0.1) is 19.8 Å². The van der Waals surface area contributed by atoms with Gasteiger partial charge >= 0.3 is 18.3 Å². The number of likely N-dealkylation sites (N-methyl/N-ethyl adjacent to an activating group) is 1. The van der Waals surface area contributed by atoms with E-state index in [4.69, 9.17) is 77.4 Å². The van der Waals surface area contributed by atoms with Crippen molar-refractivity contribution in [3.05, 3.63) is 193 Å². The maximum absolute atomic E-state index is 13.1. The van der Waals surface area contributed by atoms with Crippen LogP contribution in [0.25, 0.3) is 32.7 Å². The van der Waals surface area contributed by atoms with Crippen LogP contribution in [-0.2, 0) is 47.7 Å². The average molecular weight is 1680 g/mol. The van der Waals surface area contributed by atoms with Gasteiger partial charge < -0.3 is 77.8 Å². The number of benzene rings is 6. The van der Waals surface area contributed by atoms with Gasteiger partial charge in [0, 0.05) is 170 Å². The first kappa shape index (κ1) is 88.5. The molecule has 6 atom stereocenters. The fourth-order valence-electron chi connectivity index (χ4n) is 15.0. The molecule has 4 aliphatic heterocycles. The fraction of sp³-hybridized carbons (Fsp3) is 0.427. The van der Waals surface area contributed by atoms with Crippen molar-refractivity contribution in [2.75, 3.05) is 171 Å². The van der Waals surface area contributed by atoms with Crippen LogP contribution in [0.5, 0.6) is 17.2 Å². The topological polar surface area (TPSA) is 262 Å². The number of amides is 3. The second kappa shape index (κ2) is 44.5. The quantitative estimate of drug-likeness (QED) is 0.0181. The number of thioether (sulfide) groups is 1. The van der Waals surface area contributed by atoms with E-state index >= 15 is 0 Å². The third-order valence-corrected chi connectivity index (χ3v) is 22.3. The van der Waals surface area contributed by atoms with Gasteiger partial charge in [0.2, 0.25) is 0 Å². The minimum absolute atomic E-state index is 0.0389. The van der Waals surface area contributed by atoms with Crippen LogP contribution in [0.15, 0.2) is 127 Å². The maximum atomic E-state index is 13.1. The van der Waals surface area contributed by atoms with Crippen LogP contribution in [0.4, 0.5) is 14.4 Å². The molecule has 0 spiro atoms. The summed E-state index contributed by atoms with van der Waals surface area (Å²) in [7, 11) is 6.90. The Hall–Kier alpha value is -9.31. The van der Waals surface area contributed by atoms with Gasteiger partial charge in [-0.15, -0.1) is 17.8 Å². The molecule has 4 aliphatic rings. The number of β-amino-alcohol motifs (C(OH)–C–C–N with tert-alkyl or cyclic N) is 1. The Morgan fingerprint density at radius 3 is 1.15 bits per heavy atom. The third-order valence-electron chi connectivity index (χ3n) is 20.7. The summed E-state index contributed by atoms with van der Waals surface area (Å²) in [6.45, 7) is 14.7. The Bertz CT molecular complexity index is 4940. The molecule has 117 heavy (non-hydrogen) atoms. The second-order valence-corrected chi connectivity index (χ2v) is 31.2. The lowest BCUT2D eigenvalue weighted by molar-refractivity contribution is 0.0459. The lowest BCUT2D eigenvalue weighted by Crippen LogP contribution is -2.41. The van der Waals surface area contributed by atoms with Crippen molar-refractivity contribution in [1.82, 2.24) is 44.4 Å². The number of nitrogens with zero attached hydrogens (tertiary/aromatic N) is 6. The van der Waals surface area contributed by atoms with Gasteiger partial charge in [-0.25, -0.2) is 14.4 Å². The molecule has 7 heterocycles. The smallest absolute Gasteiger partial charge is 0.411 e. The highest BCUT2D eigenvalue weighted by Gasteiger charge is 2.39. The van der Waals surface area contributed by atoms with Gasteiger partial charge in [-0.1, -0.05) is 89.0 Å². The summed E-state index contributed by atoms with van der Waals surface area (Å²) in [4.78, 5) is 61.4. The molecule has 28 heteroatoms. The predicted molar refractivity (Wildman–Crippen MR) is 458 cm³/mol. The number of halogens is 3. The van der Waals surface area contributed by atoms with Crippen molar-refractivity contribution >= 4 is 97.6 Å². The number of aromatic amines is 3. The summed E-state index contributed by atoms with van der Waals surface area (Å²) in [6.07, 6.45) is -1.06. The van der Waals surface area contributed by atoms with Crippen molar-refractivity contribution in [2.24, 2.45) is 0 Å². The normalized spacial score (nSPS) is 16.4. The molecule has 1 saturated heterocycles. The van der Waals surface area contributed by atoms with Gasteiger partial charge in [0.15, 0.2) is 19.8 Å². The van der Waals surface area contributed by atoms with E-state index in [0.717, 1.165) is 114 Å². The van der Waals surface area contributed by atoms with Crippen molar-refractivity contribution in [2.45, 2.75) is 76.5 Å². The number of hydrogen-bond donors (Lipinski definition) is 6. The fourth-order valence-corrected chi connectivity index (χ4v) is 16.5. The van der Waals surface area contributed by atoms with Crippen molar-refractivity contribution < 1.29 is 72.3 Å². The number of hydrogen-bond acceptors (Lipinski definition) is 19. The van der Waals surface area contributed by atoms with E-state index in [1.165, 1.54) is 0 Å². The van der Waals surface area contributed by atoms with Crippen molar-refractivity contribution in [3.8, 4) is 52.8 Å². The maximum Gasteiger partial charge on any atom is 0.411 e. The summed E-state index contributed by atoms with van der Waals surface area (Å²) >= 11 is 20.8. The highest BCUT2D eigenvalue weighted by molar-refractivity contribution is 7.99. The molecule has 13 rings (SSSR count). The first-order valence-corrected chi connectivity index (χ1v) is 41.5. The number of H-pyrrole nitrogens is 3. The molecule has 6 N–H and O–H groups in total. The number of aliphatic hydroxyl groups excluding tert-OH is 3. The summed E-state index contributed by atoms with van der Waals surface area (Å²) in [5.74, 6) is 20.8. The monoisotopic (exact) mass is 1680 g/mol. The van der Waals surface area contributed by atoms with Crippen LogP contribution in [0.1, 0.15) is 89.4 Å². The van der Waals surface area contributed by atoms with Crippen LogP contribution in [0.3, 0.4) is 0 Å². The standard InChI is InChI=1S/C31H38ClN3O6.C29H34ClN3O5.C29H32ClN3O4S/c1-4-5-16-40-31(37)35-13-12-26-27-19-23(32)8-11-28(27)33-29(26)30(35)22-6-9-25(10-7-22)41-21-24(36)20-34(14-17-38-2)15-18-39-3;1-4-5-15-37-29(35)33-13-12-24-25-17-21(30)8-11-26(25)31-27(24)28(33)20-6-9-23(10-7-20)38-19-22(34)18-32(2)14-16-36-3;1-2-3-14-36-29(35)33-11-10-24-25-17-21(30)6-9-26(25)31-27(24)28(33)20-4-7-23(8-5-20)37-19-22(34)18-32-12-15-38-16-13-32/h6-11,19,24,30,33,36H,12-18,20-21H2,1-3H3;6-11,17,22,28,31,34H,12-16,18-19H2,1-3H3;4-9,17,22,28,31,34H,10-16,18-19H2,1H3. The number of aliphatic hydroxyl groups is 3. The number of ether oxygens (including phenoxy) is 9. The van der Waals surface area contributed by atoms with Crippen LogP contribution in [-0.4, -0.2) is 268 Å². The number of carbonyl (C=O) groups is 3. The molecule has 6 aromatic carbocycles. The number of rotatable bonds is 30. The minimum Gasteiger partial charge on any atom is -0.491 e. The SMILES string of the molecule is CC#CCOC(=O)N1CCc2c([nH]c3ccc(Cl)cc23)C1c1ccc(OCC(O)CN(C)CCOC)cc1.CC#CCOC(=O)N1CCc2c([nH]c3ccc(Cl)cc23)C1c1ccc(OCC(O)CN(CCOC)CCOC)cc1.CC#CCOC(=O)N1CCc2c([nH]c3ccc(Cl)cc23)C1c1ccc(OCC(O)CN2CCSCC2)cc1. The van der Waals surface area contributed by atoms with E-state index < -0.39 is 36.6 Å². The zero-order chi connectivity index (χ0) is 82.7. The average Bonchev–Trinajstić information content (AvgIpc) is 1.64. The summed E-state index contributed by atoms with van der Waals surface area (Å²) in [5.41, 5.74) is 11.9. The first-order valence-electron chi connectivity index (χ1n) is 39.2. The summed E-state index contributed by atoms with van der Waals surface area (Å²) < 4.78 is 49.4. The zero-order valence-corrected chi connectivity index (χ0v) is 70.3. The van der Waals surface area contributed by atoms with E-state index in [-0.39, 0.29) is 57.8 Å². The van der Waals surface area contributed by atoms with Gasteiger partial charge in [-0.2, -0.15) is 11.8 Å². The number of aromatic nitrogens is 3. The molecule has 622 valence electrons. The number of carbonyl (C=O) groups excluding carboxylic acids is 3. The lowest BCUT2D eigenvalue weighted by atomic mass is 9.92. The molecule has 6 unspecified atom stereocenters. The summed E-state index contributed by atoms with van der Waals surface area (Å²) in [6, 6.07) is 39.1. The van der Waals surface area contributed by atoms with Crippen LogP contribution >= 0.6 is 46.6 Å². The van der Waals surface area contributed by atoms with E-state index in [2.05, 4.69) is 60.3 Å². The third kappa shape index (κ3) is 24.0. The molecule has 3 aromatic heterocycles. The molecule has 0 bridgehead atoms. The molecule has 0 radical (unpaired) electrons. The van der Waals surface area contributed by atoms with Gasteiger partial charge in [-0.05, 0) is 171 Å². The molecular formula is C89H104Cl3N9O15S. The van der Waals surface area contributed by atoms with Gasteiger partial charge in [-0.3, -0.25) is 24.5 Å². The Labute approximate surface area is 703 Å². The van der Waals surface area contributed by atoms with E-state index in [1.54, 1.807) is 56.8 Å². The molecule has 0 saturated carbocycles. The largest absolute Gasteiger partial charge is 0.491 e. The Balaban J connectivity index is 0.000000172. The van der Waals surface area contributed by atoms with Crippen molar-refractivity contribution in [3.63, 3.8) is 0 Å². The van der Waals surface area contributed by atoms with E-state index in [0.29, 0.717) is 124 Å². The van der Waals surface area contributed by atoms with E-state index in [9.17, 15) is 29.7 Å². The molecule has 1 fully saturated rings. The van der Waals surface area contributed by atoms with Gasteiger partial charge in [0.1, 0.15) is 73.5 Å². The zero-order valence-electron chi connectivity index (χ0n) is 67.2. The Morgan fingerprint density at radius 2 is 0.803 bits per heavy atom. The molecule has 3 amide bonds. The van der Waals surface area contributed by atoms with Crippen LogP contribution in [0, 0.1) is 35.5 Å². The lowest BCUT2D eigenvalue weighted by Gasteiger charge is -2.35. The van der Waals surface area contributed by atoms with Crippen LogP contribution < -0.4 is 14.2 Å².